The van der Waals surface area contributed by atoms with Crippen molar-refractivity contribution in [2.45, 2.75) is 19.0 Å². The maximum absolute atomic E-state index is 12.6. The molecule has 1 aliphatic heterocycles. The van der Waals surface area contributed by atoms with E-state index in [9.17, 15) is 4.79 Å². The molecule has 1 unspecified atom stereocenters. The third kappa shape index (κ3) is 3.86. The number of hydrogen-bond donors (Lipinski definition) is 2. The van der Waals surface area contributed by atoms with Gasteiger partial charge in [-0.2, -0.15) is 0 Å². The predicted molar refractivity (Wildman–Crippen MR) is 108 cm³/mol. The quantitative estimate of drug-likeness (QED) is 0.732. The number of likely N-dealkylation sites (tertiary alicyclic amines) is 1. The number of benzene rings is 2. The van der Waals surface area contributed by atoms with Crippen molar-refractivity contribution in [1.82, 2.24) is 19.8 Å². The highest BCUT2D eigenvalue weighted by Crippen LogP contribution is 2.19. The number of nitrogens with zero attached hydrogens (tertiary/aromatic N) is 3. The van der Waals surface area contributed by atoms with Gasteiger partial charge in [0.05, 0.1) is 17.4 Å². The number of imidazole rings is 1. The van der Waals surface area contributed by atoms with Crippen LogP contribution in [-0.4, -0.2) is 58.9 Å². The second-order valence-corrected chi connectivity index (χ2v) is 7.40. The first-order valence-corrected chi connectivity index (χ1v) is 9.31. The minimum Gasteiger partial charge on any atom is -0.345 e. The van der Waals surface area contributed by atoms with Crippen molar-refractivity contribution in [1.29, 1.82) is 0 Å². The maximum Gasteiger partial charge on any atom is 0.257 e. The molecule has 2 heterocycles. The van der Waals surface area contributed by atoms with Crippen molar-refractivity contribution in [3.05, 3.63) is 59.9 Å². The van der Waals surface area contributed by atoms with Gasteiger partial charge in [0.25, 0.3) is 5.91 Å². The molecule has 1 fully saturated rings. The lowest BCUT2D eigenvalue weighted by atomic mass is 10.1. The molecule has 1 aromatic heterocycles. The van der Waals surface area contributed by atoms with Crippen LogP contribution in [0.4, 0.5) is 5.69 Å². The SMILES string of the molecule is CN(C)C1CCN(Cc2ccc(NC(=O)c3cccc4[nH]cnc34)cc2)C1. The minimum atomic E-state index is -0.145. The second-order valence-electron chi connectivity index (χ2n) is 7.40. The number of amides is 1. The maximum atomic E-state index is 12.6. The lowest BCUT2D eigenvalue weighted by Gasteiger charge is -2.20. The Labute approximate surface area is 159 Å². The molecular formula is C21H25N5O. The van der Waals surface area contributed by atoms with E-state index in [1.165, 1.54) is 12.0 Å². The van der Waals surface area contributed by atoms with E-state index >= 15 is 0 Å². The molecule has 1 saturated heterocycles. The van der Waals surface area contributed by atoms with E-state index in [1.54, 1.807) is 12.4 Å². The summed E-state index contributed by atoms with van der Waals surface area (Å²) >= 11 is 0. The standard InChI is InChI=1S/C21H25N5O/c1-25(2)17-10-11-26(13-17)12-15-6-8-16(9-7-15)24-21(27)18-4-3-5-19-20(18)23-14-22-19/h3-9,14,17H,10-13H2,1-2H3,(H,22,23)(H,24,27). The molecule has 1 atom stereocenters. The van der Waals surface area contributed by atoms with Crippen LogP contribution >= 0.6 is 0 Å². The van der Waals surface area contributed by atoms with Gasteiger partial charge in [0.15, 0.2) is 0 Å². The fraction of sp³-hybridized carbons (Fsp3) is 0.333. The number of likely N-dealkylation sites (N-methyl/N-ethyl adjacent to an activating group) is 1. The zero-order valence-electron chi connectivity index (χ0n) is 15.8. The number of aromatic nitrogens is 2. The van der Waals surface area contributed by atoms with Crippen LogP contribution in [0, 0.1) is 0 Å². The van der Waals surface area contributed by atoms with Crippen LogP contribution in [-0.2, 0) is 6.54 Å². The van der Waals surface area contributed by atoms with Gasteiger partial charge in [-0.1, -0.05) is 18.2 Å². The number of carbonyl (C=O) groups excluding carboxylic acids is 1. The fourth-order valence-corrected chi connectivity index (χ4v) is 3.68. The van der Waals surface area contributed by atoms with Crippen LogP contribution in [0.3, 0.4) is 0 Å². The fourth-order valence-electron chi connectivity index (χ4n) is 3.68. The number of carbonyl (C=O) groups is 1. The van der Waals surface area contributed by atoms with Gasteiger partial charge in [-0.05, 0) is 50.3 Å². The Morgan fingerprint density at radius 2 is 2.07 bits per heavy atom. The van der Waals surface area contributed by atoms with Gasteiger partial charge in [-0.15, -0.1) is 0 Å². The van der Waals surface area contributed by atoms with Gasteiger partial charge in [0.2, 0.25) is 0 Å². The van der Waals surface area contributed by atoms with Gasteiger partial charge < -0.3 is 15.2 Å². The van der Waals surface area contributed by atoms with Crippen LogP contribution < -0.4 is 5.32 Å². The summed E-state index contributed by atoms with van der Waals surface area (Å²) in [7, 11) is 4.30. The van der Waals surface area contributed by atoms with E-state index in [4.69, 9.17) is 0 Å². The number of rotatable bonds is 5. The van der Waals surface area contributed by atoms with Crippen molar-refractivity contribution in [3.63, 3.8) is 0 Å². The van der Waals surface area contributed by atoms with Crippen LogP contribution in [0.2, 0.25) is 0 Å². The summed E-state index contributed by atoms with van der Waals surface area (Å²) in [6.45, 7) is 3.19. The van der Waals surface area contributed by atoms with Gasteiger partial charge >= 0.3 is 0 Å². The Kier molecular flexibility index (Phi) is 4.92. The zero-order valence-corrected chi connectivity index (χ0v) is 15.8. The van der Waals surface area contributed by atoms with Gasteiger partial charge in [0.1, 0.15) is 5.52 Å². The molecule has 2 N–H and O–H groups in total. The summed E-state index contributed by atoms with van der Waals surface area (Å²) < 4.78 is 0. The number of fused-ring (bicyclic) bond motifs is 1. The zero-order chi connectivity index (χ0) is 18.8. The van der Waals surface area contributed by atoms with Crippen LogP contribution in [0.5, 0.6) is 0 Å². The van der Waals surface area contributed by atoms with E-state index in [-0.39, 0.29) is 5.91 Å². The molecule has 0 bridgehead atoms. The monoisotopic (exact) mass is 363 g/mol. The molecular weight excluding hydrogens is 338 g/mol. The summed E-state index contributed by atoms with van der Waals surface area (Å²) in [4.78, 5) is 24.7. The smallest absolute Gasteiger partial charge is 0.257 e. The Morgan fingerprint density at radius 3 is 2.81 bits per heavy atom. The molecule has 4 rings (SSSR count). The molecule has 0 radical (unpaired) electrons. The molecule has 0 aliphatic carbocycles. The van der Waals surface area contributed by atoms with Crippen molar-refractivity contribution >= 4 is 22.6 Å². The van der Waals surface area contributed by atoms with Crippen LogP contribution in [0.25, 0.3) is 11.0 Å². The molecule has 6 nitrogen and oxygen atoms in total. The minimum absolute atomic E-state index is 0.145. The highest BCUT2D eigenvalue weighted by molar-refractivity contribution is 6.11. The summed E-state index contributed by atoms with van der Waals surface area (Å²) in [5.41, 5.74) is 4.19. The Hall–Kier alpha value is -2.70. The van der Waals surface area contributed by atoms with E-state index in [0.29, 0.717) is 17.1 Å². The summed E-state index contributed by atoms with van der Waals surface area (Å²) in [5, 5.41) is 2.97. The number of hydrogen-bond acceptors (Lipinski definition) is 4. The Balaban J connectivity index is 1.39. The molecule has 1 aliphatic rings. The van der Waals surface area contributed by atoms with Crippen molar-refractivity contribution < 1.29 is 4.79 Å². The first kappa shape index (κ1) is 17.7. The van der Waals surface area contributed by atoms with Crippen LogP contribution in [0.1, 0.15) is 22.3 Å². The van der Waals surface area contributed by atoms with Crippen molar-refractivity contribution in [2.24, 2.45) is 0 Å². The normalized spacial score (nSPS) is 17.7. The number of aromatic amines is 1. The van der Waals surface area contributed by atoms with Gasteiger partial charge in [-0.25, -0.2) is 4.98 Å². The molecule has 1 amide bonds. The summed E-state index contributed by atoms with van der Waals surface area (Å²) in [5.74, 6) is -0.145. The van der Waals surface area contributed by atoms with Crippen molar-refractivity contribution in [2.75, 3.05) is 32.5 Å². The van der Waals surface area contributed by atoms with Gasteiger partial charge in [0, 0.05) is 31.4 Å². The lowest BCUT2D eigenvalue weighted by molar-refractivity contribution is 0.102. The summed E-state index contributed by atoms with van der Waals surface area (Å²) in [6, 6.07) is 14.3. The Bertz CT molecular complexity index is 931. The number of para-hydroxylation sites is 1. The third-order valence-corrected chi connectivity index (χ3v) is 5.29. The van der Waals surface area contributed by atoms with E-state index in [0.717, 1.165) is 30.8 Å². The number of nitrogens with one attached hydrogen (secondary N) is 2. The first-order chi connectivity index (χ1) is 13.1. The van der Waals surface area contributed by atoms with Crippen molar-refractivity contribution in [3.8, 4) is 0 Å². The molecule has 140 valence electrons. The Morgan fingerprint density at radius 1 is 1.26 bits per heavy atom. The lowest BCUT2D eigenvalue weighted by Crippen LogP contribution is -2.31. The average molecular weight is 363 g/mol. The predicted octanol–water partition coefficient (Wildman–Crippen LogP) is 2.95. The molecule has 2 aromatic carbocycles. The van der Waals surface area contributed by atoms with E-state index in [1.807, 2.05) is 24.3 Å². The third-order valence-electron chi connectivity index (χ3n) is 5.29. The second kappa shape index (κ2) is 7.50. The topological polar surface area (TPSA) is 64.3 Å². The largest absolute Gasteiger partial charge is 0.345 e. The molecule has 3 aromatic rings. The van der Waals surface area contributed by atoms with E-state index < -0.39 is 0 Å². The first-order valence-electron chi connectivity index (χ1n) is 9.31. The highest BCUT2D eigenvalue weighted by atomic mass is 16.1. The molecule has 0 spiro atoms. The molecule has 6 heteroatoms. The molecule has 27 heavy (non-hydrogen) atoms. The van der Waals surface area contributed by atoms with Gasteiger partial charge in [-0.3, -0.25) is 9.69 Å². The van der Waals surface area contributed by atoms with Crippen LogP contribution in [0.15, 0.2) is 48.8 Å². The molecule has 0 saturated carbocycles. The highest BCUT2D eigenvalue weighted by Gasteiger charge is 2.23. The van der Waals surface area contributed by atoms with E-state index in [2.05, 4.69) is 51.3 Å². The average Bonchev–Trinajstić information content (AvgIpc) is 3.32. The number of H-pyrrole nitrogens is 1. The summed E-state index contributed by atoms with van der Waals surface area (Å²) in [6.07, 6.45) is 2.83. The number of anilines is 1.